The highest BCUT2D eigenvalue weighted by atomic mass is 16.5. The predicted molar refractivity (Wildman–Crippen MR) is 68.1 cm³/mol. The molecule has 2 N–H and O–H groups in total. The van der Waals surface area contributed by atoms with E-state index >= 15 is 0 Å². The van der Waals surface area contributed by atoms with E-state index in [0.29, 0.717) is 24.9 Å². The molecule has 2 aromatic heterocycles. The van der Waals surface area contributed by atoms with Gasteiger partial charge in [-0.1, -0.05) is 5.16 Å². The third-order valence-corrected chi connectivity index (χ3v) is 3.45. The predicted octanol–water partition coefficient (Wildman–Crippen LogP) is 1.48. The molecular weight excluding hydrogens is 244 g/mol. The summed E-state index contributed by atoms with van der Waals surface area (Å²) in [6.45, 7) is 3.17. The summed E-state index contributed by atoms with van der Waals surface area (Å²) in [7, 11) is 0. The first-order valence-corrected chi connectivity index (χ1v) is 6.37. The molecule has 100 valence electrons. The fraction of sp³-hybridized carbons (Fsp3) is 0.462. The smallest absolute Gasteiger partial charge is 0.256 e. The standard InChI is InChI=1S/C13H16N4O2/c1-8-10(3-2-5-15-8)12-16-13(19-17-12)11-9(7-14)4-6-18-11/h2-3,5,9,11H,4,6-7,14H2,1H3/t9-,11-/m0/s1. The van der Waals surface area contributed by atoms with Gasteiger partial charge in [0.25, 0.3) is 5.89 Å². The molecule has 1 aliphatic rings. The molecule has 0 unspecified atom stereocenters. The van der Waals surface area contributed by atoms with Crippen LogP contribution in [0.5, 0.6) is 0 Å². The Morgan fingerprint density at radius 3 is 3.16 bits per heavy atom. The molecule has 3 heterocycles. The summed E-state index contributed by atoms with van der Waals surface area (Å²) in [5.74, 6) is 1.31. The number of pyridine rings is 1. The Balaban J connectivity index is 1.90. The van der Waals surface area contributed by atoms with Crippen molar-refractivity contribution in [1.29, 1.82) is 0 Å². The van der Waals surface area contributed by atoms with Gasteiger partial charge in [-0.05, 0) is 32.0 Å². The quantitative estimate of drug-likeness (QED) is 0.899. The van der Waals surface area contributed by atoms with Crippen LogP contribution in [0.15, 0.2) is 22.9 Å². The minimum absolute atomic E-state index is 0.178. The Bertz CT molecular complexity index is 569. The van der Waals surface area contributed by atoms with Crippen LogP contribution in [0, 0.1) is 12.8 Å². The molecule has 0 bridgehead atoms. The van der Waals surface area contributed by atoms with Crippen LogP contribution in [0.2, 0.25) is 0 Å². The van der Waals surface area contributed by atoms with Crippen LogP contribution < -0.4 is 5.73 Å². The Kier molecular flexibility index (Phi) is 3.27. The molecule has 0 aromatic carbocycles. The van der Waals surface area contributed by atoms with Crippen LogP contribution in [-0.2, 0) is 4.74 Å². The lowest BCUT2D eigenvalue weighted by Gasteiger charge is -2.11. The maximum atomic E-state index is 5.72. The summed E-state index contributed by atoms with van der Waals surface area (Å²) in [5, 5.41) is 4.01. The van der Waals surface area contributed by atoms with Crippen molar-refractivity contribution >= 4 is 0 Å². The third-order valence-electron chi connectivity index (χ3n) is 3.45. The molecule has 1 aliphatic heterocycles. The van der Waals surface area contributed by atoms with Crippen molar-refractivity contribution in [2.24, 2.45) is 11.7 Å². The summed E-state index contributed by atoms with van der Waals surface area (Å²) in [5.41, 5.74) is 7.47. The molecule has 6 heteroatoms. The fourth-order valence-electron chi connectivity index (χ4n) is 2.33. The number of rotatable bonds is 3. The molecule has 19 heavy (non-hydrogen) atoms. The van der Waals surface area contributed by atoms with Crippen LogP contribution in [0.4, 0.5) is 0 Å². The van der Waals surface area contributed by atoms with Gasteiger partial charge in [-0.3, -0.25) is 4.98 Å². The monoisotopic (exact) mass is 260 g/mol. The van der Waals surface area contributed by atoms with Crippen molar-refractivity contribution in [3.63, 3.8) is 0 Å². The van der Waals surface area contributed by atoms with Gasteiger partial charge in [0.05, 0.1) is 0 Å². The number of nitrogens with two attached hydrogens (primary N) is 1. The van der Waals surface area contributed by atoms with E-state index < -0.39 is 0 Å². The van der Waals surface area contributed by atoms with Crippen molar-refractivity contribution in [3.05, 3.63) is 29.9 Å². The lowest BCUT2D eigenvalue weighted by atomic mass is 10.0. The van der Waals surface area contributed by atoms with Crippen LogP contribution in [-0.4, -0.2) is 28.3 Å². The SMILES string of the molecule is Cc1ncccc1-c1noc([C@H]2OCC[C@H]2CN)n1. The maximum Gasteiger partial charge on any atom is 0.256 e. The first-order valence-electron chi connectivity index (χ1n) is 6.37. The van der Waals surface area contributed by atoms with E-state index in [4.69, 9.17) is 15.0 Å². The number of hydrogen-bond donors (Lipinski definition) is 1. The van der Waals surface area contributed by atoms with E-state index in [-0.39, 0.29) is 12.0 Å². The second-order valence-electron chi connectivity index (χ2n) is 4.67. The molecule has 0 saturated carbocycles. The molecular formula is C13H16N4O2. The lowest BCUT2D eigenvalue weighted by Crippen LogP contribution is -2.18. The van der Waals surface area contributed by atoms with Gasteiger partial charge in [0.15, 0.2) is 0 Å². The Morgan fingerprint density at radius 1 is 1.47 bits per heavy atom. The highest BCUT2D eigenvalue weighted by Crippen LogP contribution is 2.33. The molecule has 3 rings (SSSR count). The second-order valence-corrected chi connectivity index (χ2v) is 4.67. The number of hydrogen-bond acceptors (Lipinski definition) is 6. The molecule has 0 amide bonds. The maximum absolute atomic E-state index is 5.72. The highest BCUT2D eigenvalue weighted by molar-refractivity contribution is 5.56. The van der Waals surface area contributed by atoms with E-state index in [2.05, 4.69) is 15.1 Å². The van der Waals surface area contributed by atoms with Gasteiger partial charge in [-0.25, -0.2) is 0 Å². The van der Waals surface area contributed by atoms with Crippen LogP contribution >= 0.6 is 0 Å². The zero-order valence-corrected chi connectivity index (χ0v) is 10.7. The van der Waals surface area contributed by atoms with Gasteiger partial charge >= 0.3 is 0 Å². The molecule has 1 fully saturated rings. The van der Waals surface area contributed by atoms with Gasteiger partial charge in [0.2, 0.25) is 5.82 Å². The van der Waals surface area contributed by atoms with Crippen molar-refractivity contribution in [3.8, 4) is 11.4 Å². The fourth-order valence-corrected chi connectivity index (χ4v) is 2.33. The van der Waals surface area contributed by atoms with Crippen molar-refractivity contribution < 1.29 is 9.26 Å². The number of aryl methyl sites for hydroxylation is 1. The van der Waals surface area contributed by atoms with E-state index in [9.17, 15) is 0 Å². The largest absolute Gasteiger partial charge is 0.368 e. The first-order chi connectivity index (χ1) is 9.29. The molecule has 0 spiro atoms. The Hall–Kier alpha value is -1.79. The Morgan fingerprint density at radius 2 is 2.37 bits per heavy atom. The van der Waals surface area contributed by atoms with Gasteiger partial charge in [-0.2, -0.15) is 4.98 Å². The number of ether oxygens (including phenoxy) is 1. The summed E-state index contributed by atoms with van der Waals surface area (Å²) >= 11 is 0. The van der Waals surface area contributed by atoms with Crippen molar-refractivity contribution in [2.75, 3.05) is 13.2 Å². The van der Waals surface area contributed by atoms with E-state index in [1.165, 1.54) is 0 Å². The minimum atomic E-state index is -0.178. The summed E-state index contributed by atoms with van der Waals surface area (Å²) in [6, 6.07) is 3.78. The van der Waals surface area contributed by atoms with Gasteiger partial charge < -0.3 is 15.0 Å². The number of aromatic nitrogens is 3. The molecule has 0 radical (unpaired) electrons. The molecule has 0 aliphatic carbocycles. The zero-order chi connectivity index (χ0) is 13.2. The zero-order valence-electron chi connectivity index (χ0n) is 10.7. The van der Waals surface area contributed by atoms with Gasteiger partial charge in [-0.15, -0.1) is 0 Å². The lowest BCUT2D eigenvalue weighted by molar-refractivity contribution is 0.0642. The third kappa shape index (κ3) is 2.24. The van der Waals surface area contributed by atoms with Gasteiger partial charge in [0, 0.05) is 30.0 Å². The normalized spacial score (nSPS) is 22.8. The van der Waals surface area contributed by atoms with Crippen LogP contribution in [0.1, 0.15) is 24.1 Å². The van der Waals surface area contributed by atoms with Crippen LogP contribution in [0.25, 0.3) is 11.4 Å². The van der Waals surface area contributed by atoms with E-state index in [1.54, 1.807) is 6.20 Å². The summed E-state index contributed by atoms with van der Waals surface area (Å²) in [6.07, 6.45) is 2.50. The summed E-state index contributed by atoms with van der Waals surface area (Å²) in [4.78, 5) is 8.64. The van der Waals surface area contributed by atoms with Crippen LogP contribution in [0.3, 0.4) is 0 Å². The Labute approximate surface area is 111 Å². The average Bonchev–Trinajstić information content (AvgIpc) is 3.07. The highest BCUT2D eigenvalue weighted by Gasteiger charge is 2.33. The molecule has 2 atom stereocenters. The second kappa shape index (κ2) is 5.07. The van der Waals surface area contributed by atoms with E-state index in [1.807, 2.05) is 19.1 Å². The average molecular weight is 260 g/mol. The summed E-state index contributed by atoms with van der Waals surface area (Å²) < 4.78 is 11.0. The van der Waals surface area contributed by atoms with Crippen molar-refractivity contribution in [2.45, 2.75) is 19.4 Å². The molecule has 2 aromatic rings. The molecule has 6 nitrogen and oxygen atoms in total. The first kappa shape index (κ1) is 12.3. The molecule has 1 saturated heterocycles. The van der Waals surface area contributed by atoms with Gasteiger partial charge in [0.1, 0.15) is 6.10 Å². The minimum Gasteiger partial charge on any atom is -0.368 e. The topological polar surface area (TPSA) is 87.1 Å². The number of nitrogens with zero attached hydrogens (tertiary/aromatic N) is 3. The van der Waals surface area contributed by atoms with Crippen molar-refractivity contribution in [1.82, 2.24) is 15.1 Å². The van der Waals surface area contributed by atoms with E-state index in [0.717, 1.165) is 17.7 Å².